The van der Waals surface area contributed by atoms with Crippen molar-refractivity contribution in [2.75, 3.05) is 19.0 Å². The smallest absolute Gasteiger partial charge is 0.224 e. The fourth-order valence-corrected chi connectivity index (χ4v) is 2.40. The fourth-order valence-electron chi connectivity index (χ4n) is 2.40. The highest BCUT2D eigenvalue weighted by molar-refractivity contribution is 5.91. The number of rotatable bonds is 9. The predicted molar refractivity (Wildman–Crippen MR) is 84.6 cm³/mol. The zero-order valence-electron chi connectivity index (χ0n) is 12.9. The first-order chi connectivity index (χ1) is 10.1. The van der Waals surface area contributed by atoms with Gasteiger partial charge in [-0.15, -0.1) is 0 Å². The molecular formula is C16H26N2O3. The van der Waals surface area contributed by atoms with Crippen LogP contribution in [0.1, 0.15) is 39.0 Å². The van der Waals surface area contributed by atoms with Gasteiger partial charge in [-0.1, -0.05) is 19.8 Å². The second-order valence-corrected chi connectivity index (χ2v) is 5.21. The Morgan fingerprint density at radius 3 is 2.71 bits per heavy atom. The van der Waals surface area contributed by atoms with Crippen LogP contribution in [0.15, 0.2) is 18.2 Å². The van der Waals surface area contributed by atoms with E-state index in [0.29, 0.717) is 30.3 Å². The summed E-state index contributed by atoms with van der Waals surface area (Å²) in [6.45, 7) is 2.81. The van der Waals surface area contributed by atoms with Gasteiger partial charge in [-0.25, -0.2) is 0 Å². The van der Waals surface area contributed by atoms with Crippen LogP contribution in [0.3, 0.4) is 0 Å². The lowest BCUT2D eigenvalue weighted by Crippen LogP contribution is -2.15. The van der Waals surface area contributed by atoms with Gasteiger partial charge in [-0.2, -0.15) is 0 Å². The summed E-state index contributed by atoms with van der Waals surface area (Å²) in [6, 6.07) is 4.82. The van der Waals surface area contributed by atoms with Gasteiger partial charge in [-0.05, 0) is 37.4 Å². The topological polar surface area (TPSA) is 84.6 Å². The molecular weight excluding hydrogens is 268 g/mol. The van der Waals surface area contributed by atoms with Crippen molar-refractivity contribution in [3.8, 4) is 11.5 Å². The van der Waals surface area contributed by atoms with E-state index < -0.39 is 0 Å². The Labute approximate surface area is 126 Å². The molecule has 0 radical (unpaired) electrons. The van der Waals surface area contributed by atoms with Crippen molar-refractivity contribution in [3.05, 3.63) is 18.2 Å². The number of nitrogens with one attached hydrogen (secondary N) is 1. The second kappa shape index (κ2) is 9.23. The molecule has 0 spiro atoms. The van der Waals surface area contributed by atoms with Gasteiger partial charge < -0.3 is 20.9 Å². The van der Waals surface area contributed by atoms with Crippen LogP contribution in [0, 0.1) is 5.92 Å². The number of carbonyl (C=O) groups excluding carboxylic acids is 1. The summed E-state index contributed by atoms with van der Waals surface area (Å²) in [5.74, 6) is 0.869. The van der Waals surface area contributed by atoms with Gasteiger partial charge in [0.25, 0.3) is 0 Å². The number of methoxy groups -OCH3 is 1. The van der Waals surface area contributed by atoms with E-state index in [-0.39, 0.29) is 11.7 Å². The number of hydrogen-bond acceptors (Lipinski definition) is 4. The molecule has 0 aliphatic rings. The van der Waals surface area contributed by atoms with Crippen LogP contribution < -0.4 is 15.8 Å². The summed E-state index contributed by atoms with van der Waals surface area (Å²) in [6.07, 6.45) is 4.49. The third kappa shape index (κ3) is 6.04. The molecule has 0 saturated heterocycles. The summed E-state index contributed by atoms with van der Waals surface area (Å²) in [7, 11) is 1.48. The number of nitrogens with two attached hydrogens (primary N) is 1. The molecule has 0 aliphatic heterocycles. The quantitative estimate of drug-likeness (QED) is 0.654. The first kappa shape index (κ1) is 17.3. The van der Waals surface area contributed by atoms with Crippen molar-refractivity contribution >= 4 is 11.6 Å². The van der Waals surface area contributed by atoms with Gasteiger partial charge >= 0.3 is 0 Å². The Morgan fingerprint density at radius 2 is 2.14 bits per heavy atom. The number of amides is 1. The van der Waals surface area contributed by atoms with E-state index in [4.69, 9.17) is 10.5 Å². The maximum absolute atomic E-state index is 11.9. The van der Waals surface area contributed by atoms with Crippen LogP contribution >= 0.6 is 0 Å². The molecule has 0 fully saturated rings. The van der Waals surface area contributed by atoms with Crippen molar-refractivity contribution in [3.63, 3.8) is 0 Å². The summed E-state index contributed by atoms with van der Waals surface area (Å²) in [4.78, 5) is 11.9. The minimum Gasteiger partial charge on any atom is -0.504 e. The zero-order valence-corrected chi connectivity index (χ0v) is 12.9. The number of hydrogen-bond donors (Lipinski definition) is 3. The Hall–Kier alpha value is -1.75. The summed E-state index contributed by atoms with van der Waals surface area (Å²) < 4.78 is 4.96. The van der Waals surface area contributed by atoms with Gasteiger partial charge in [0.05, 0.1) is 7.11 Å². The van der Waals surface area contributed by atoms with Crippen molar-refractivity contribution in [1.82, 2.24) is 0 Å². The molecule has 0 saturated carbocycles. The lowest BCUT2D eigenvalue weighted by Gasteiger charge is -2.14. The number of benzene rings is 1. The van der Waals surface area contributed by atoms with E-state index in [9.17, 15) is 9.90 Å². The number of phenolic OH excluding ortho intramolecular Hbond substituents is 1. The maximum Gasteiger partial charge on any atom is 0.224 e. The van der Waals surface area contributed by atoms with Gasteiger partial charge in [0, 0.05) is 18.2 Å². The zero-order chi connectivity index (χ0) is 15.7. The molecule has 21 heavy (non-hydrogen) atoms. The number of anilines is 1. The molecule has 5 heteroatoms. The summed E-state index contributed by atoms with van der Waals surface area (Å²) >= 11 is 0. The summed E-state index contributed by atoms with van der Waals surface area (Å²) in [5, 5.41) is 12.5. The minimum absolute atomic E-state index is 0.0160. The van der Waals surface area contributed by atoms with Gasteiger partial charge in [-0.3, -0.25) is 4.79 Å². The van der Waals surface area contributed by atoms with Crippen molar-refractivity contribution in [1.29, 1.82) is 0 Å². The number of aromatic hydroxyl groups is 1. The van der Waals surface area contributed by atoms with E-state index in [1.165, 1.54) is 13.2 Å². The highest BCUT2D eigenvalue weighted by Crippen LogP contribution is 2.28. The summed E-state index contributed by atoms with van der Waals surface area (Å²) in [5.41, 5.74) is 6.17. The van der Waals surface area contributed by atoms with E-state index >= 15 is 0 Å². The predicted octanol–water partition coefficient (Wildman–Crippen LogP) is 2.88. The third-order valence-electron chi connectivity index (χ3n) is 3.51. The third-order valence-corrected chi connectivity index (χ3v) is 3.51. The fraction of sp³-hybridized carbons (Fsp3) is 0.562. The molecule has 0 heterocycles. The van der Waals surface area contributed by atoms with E-state index in [0.717, 1.165) is 25.7 Å². The SMILES string of the molecule is CCCC(CCN)CCC(=O)Nc1ccc(OC)c(O)c1. The first-order valence-electron chi connectivity index (χ1n) is 7.47. The minimum atomic E-state index is -0.0438. The van der Waals surface area contributed by atoms with Crippen LogP contribution in [0.2, 0.25) is 0 Å². The molecule has 1 unspecified atom stereocenters. The molecule has 118 valence electrons. The highest BCUT2D eigenvalue weighted by Gasteiger charge is 2.11. The van der Waals surface area contributed by atoms with Crippen LogP contribution in [-0.4, -0.2) is 24.7 Å². The Bertz CT molecular complexity index is 443. The van der Waals surface area contributed by atoms with Crippen molar-refractivity contribution < 1.29 is 14.6 Å². The average Bonchev–Trinajstić information content (AvgIpc) is 2.45. The number of phenols is 1. The van der Waals surface area contributed by atoms with Gasteiger partial charge in [0.1, 0.15) is 0 Å². The lowest BCUT2D eigenvalue weighted by atomic mass is 9.94. The Kier molecular flexibility index (Phi) is 7.61. The Balaban J connectivity index is 2.47. The van der Waals surface area contributed by atoms with Crippen molar-refractivity contribution in [2.24, 2.45) is 11.7 Å². The maximum atomic E-state index is 11.9. The number of ether oxygens (including phenoxy) is 1. The first-order valence-corrected chi connectivity index (χ1v) is 7.47. The van der Waals surface area contributed by atoms with Crippen LogP contribution in [0.25, 0.3) is 0 Å². The standard InChI is InChI=1S/C16H26N2O3/c1-3-4-12(9-10-17)5-8-16(20)18-13-6-7-15(21-2)14(19)11-13/h6-7,11-12,19H,3-5,8-10,17H2,1-2H3,(H,18,20). The van der Waals surface area contributed by atoms with Crippen LogP contribution in [0.4, 0.5) is 5.69 Å². The molecule has 0 bridgehead atoms. The van der Waals surface area contributed by atoms with Crippen LogP contribution in [0.5, 0.6) is 11.5 Å². The highest BCUT2D eigenvalue weighted by atomic mass is 16.5. The largest absolute Gasteiger partial charge is 0.504 e. The van der Waals surface area contributed by atoms with E-state index in [1.807, 2.05) is 0 Å². The van der Waals surface area contributed by atoms with Gasteiger partial charge in [0.2, 0.25) is 5.91 Å². The average molecular weight is 294 g/mol. The second-order valence-electron chi connectivity index (χ2n) is 5.21. The molecule has 5 nitrogen and oxygen atoms in total. The van der Waals surface area contributed by atoms with Crippen molar-refractivity contribution in [2.45, 2.75) is 39.0 Å². The molecule has 0 aromatic heterocycles. The molecule has 1 aromatic rings. The molecule has 1 aromatic carbocycles. The monoisotopic (exact) mass is 294 g/mol. The molecule has 0 aliphatic carbocycles. The van der Waals surface area contributed by atoms with E-state index in [1.54, 1.807) is 12.1 Å². The normalized spacial score (nSPS) is 12.0. The molecule has 1 rings (SSSR count). The number of carbonyl (C=O) groups is 1. The van der Waals surface area contributed by atoms with Crippen LogP contribution in [-0.2, 0) is 4.79 Å². The Morgan fingerprint density at radius 1 is 1.38 bits per heavy atom. The van der Waals surface area contributed by atoms with E-state index in [2.05, 4.69) is 12.2 Å². The molecule has 1 atom stereocenters. The van der Waals surface area contributed by atoms with Gasteiger partial charge in [0.15, 0.2) is 11.5 Å². The molecule has 4 N–H and O–H groups in total. The molecule has 1 amide bonds. The lowest BCUT2D eigenvalue weighted by molar-refractivity contribution is -0.116.